The van der Waals surface area contributed by atoms with Gasteiger partial charge in [-0.05, 0) is 80.2 Å². The number of rotatable bonds is 1. The van der Waals surface area contributed by atoms with E-state index in [1.807, 2.05) is 12.3 Å². The third-order valence-corrected chi connectivity index (χ3v) is 7.14. The van der Waals surface area contributed by atoms with Gasteiger partial charge < -0.3 is 0 Å². The number of fused-ring (bicyclic) bond motifs is 4. The van der Waals surface area contributed by atoms with Crippen molar-refractivity contribution in [1.82, 2.24) is 9.55 Å². The van der Waals surface area contributed by atoms with E-state index in [0.29, 0.717) is 0 Å². The number of benzene rings is 5. The van der Waals surface area contributed by atoms with Crippen LogP contribution in [-0.4, -0.2) is 9.55 Å². The van der Waals surface area contributed by atoms with Gasteiger partial charge in [-0.15, -0.1) is 0 Å². The molecule has 2 heterocycles. The third-order valence-electron chi connectivity index (χ3n) is 7.14. The Labute approximate surface area is 190 Å². The van der Waals surface area contributed by atoms with Crippen LogP contribution in [0.1, 0.15) is 0 Å². The largest absolute Gasteiger partial charge is 0.294 e. The van der Waals surface area contributed by atoms with Gasteiger partial charge in [-0.2, -0.15) is 0 Å². The number of hydrogen-bond donors (Lipinski definition) is 0. The van der Waals surface area contributed by atoms with E-state index in [1.54, 1.807) is 0 Å². The number of hydrogen-bond acceptors (Lipinski definition) is 1. The van der Waals surface area contributed by atoms with E-state index in [2.05, 4.69) is 102 Å². The molecule has 0 fully saturated rings. The molecule has 0 bridgehead atoms. The third kappa shape index (κ3) is 2.15. The maximum absolute atomic E-state index is 4.72. The summed E-state index contributed by atoms with van der Waals surface area (Å²) in [7, 11) is 0. The highest BCUT2D eigenvalue weighted by atomic mass is 15.1. The molecule has 0 saturated carbocycles. The van der Waals surface area contributed by atoms with Gasteiger partial charge in [0.1, 0.15) is 5.82 Å². The molecule has 2 aromatic heterocycles. The molecule has 2 heteroatoms. The highest BCUT2D eigenvalue weighted by molar-refractivity contribution is 6.30. The van der Waals surface area contributed by atoms with Crippen molar-refractivity contribution in [1.29, 1.82) is 0 Å². The first-order chi connectivity index (χ1) is 16.4. The van der Waals surface area contributed by atoms with Crippen LogP contribution in [0.2, 0.25) is 0 Å². The monoisotopic (exact) mass is 418 g/mol. The van der Waals surface area contributed by atoms with Crippen LogP contribution in [0, 0.1) is 0 Å². The Balaban J connectivity index is 1.69. The molecule has 2 nitrogen and oxygen atoms in total. The maximum atomic E-state index is 4.72. The van der Waals surface area contributed by atoms with Crippen molar-refractivity contribution in [3.05, 3.63) is 109 Å². The average Bonchev–Trinajstić information content (AvgIpc) is 3.17. The van der Waals surface area contributed by atoms with E-state index < -0.39 is 0 Å². The summed E-state index contributed by atoms with van der Waals surface area (Å²) in [5, 5.41) is 7.78. The van der Waals surface area contributed by atoms with Gasteiger partial charge >= 0.3 is 0 Å². The summed E-state index contributed by atoms with van der Waals surface area (Å²) in [6.07, 6.45) is 1.87. The normalized spacial score (nSPS) is 12.2. The van der Waals surface area contributed by atoms with E-state index >= 15 is 0 Å². The second kappa shape index (κ2) is 6.08. The molecule has 0 N–H and O–H groups in total. The molecule has 8 rings (SSSR count). The van der Waals surface area contributed by atoms with Crippen LogP contribution in [-0.2, 0) is 0 Å². The zero-order valence-electron chi connectivity index (χ0n) is 17.8. The Kier molecular flexibility index (Phi) is 3.16. The molecule has 152 valence electrons. The highest BCUT2D eigenvalue weighted by Crippen LogP contribution is 2.50. The topological polar surface area (TPSA) is 17.8 Å². The summed E-state index contributed by atoms with van der Waals surface area (Å²) in [5.74, 6) is 0.950. The number of aromatic nitrogens is 2. The Morgan fingerprint density at radius 3 is 1.88 bits per heavy atom. The molecule has 0 amide bonds. The van der Waals surface area contributed by atoms with Crippen LogP contribution in [0.25, 0.3) is 71.4 Å². The van der Waals surface area contributed by atoms with Gasteiger partial charge in [0.15, 0.2) is 0 Å². The molecule has 0 spiro atoms. The summed E-state index contributed by atoms with van der Waals surface area (Å²) in [6, 6.07) is 37.4. The first kappa shape index (κ1) is 17.2. The van der Waals surface area contributed by atoms with Crippen LogP contribution in [0.15, 0.2) is 109 Å². The van der Waals surface area contributed by atoms with Crippen molar-refractivity contribution in [3.63, 3.8) is 0 Å². The van der Waals surface area contributed by atoms with Crippen LogP contribution in [0.3, 0.4) is 0 Å². The first-order valence-corrected chi connectivity index (χ1v) is 11.3. The predicted molar refractivity (Wildman–Crippen MR) is 138 cm³/mol. The summed E-state index contributed by atoms with van der Waals surface area (Å²) >= 11 is 0. The van der Waals surface area contributed by atoms with Gasteiger partial charge in [0.2, 0.25) is 0 Å². The smallest absolute Gasteiger partial charge is 0.137 e. The molecule has 0 aliphatic heterocycles. The van der Waals surface area contributed by atoms with Crippen LogP contribution in [0.4, 0.5) is 0 Å². The van der Waals surface area contributed by atoms with E-state index in [9.17, 15) is 0 Å². The van der Waals surface area contributed by atoms with Crippen LogP contribution < -0.4 is 0 Å². The van der Waals surface area contributed by atoms with Crippen molar-refractivity contribution in [2.24, 2.45) is 0 Å². The second-order valence-corrected chi connectivity index (χ2v) is 8.83. The molecule has 1 aliphatic carbocycles. The van der Waals surface area contributed by atoms with Gasteiger partial charge in [-0.3, -0.25) is 4.57 Å². The van der Waals surface area contributed by atoms with Crippen molar-refractivity contribution in [2.75, 3.05) is 0 Å². The van der Waals surface area contributed by atoms with Crippen molar-refractivity contribution in [2.45, 2.75) is 0 Å². The minimum Gasteiger partial charge on any atom is -0.294 e. The van der Waals surface area contributed by atoms with Gasteiger partial charge in [0, 0.05) is 17.0 Å². The predicted octanol–water partition coefficient (Wildman–Crippen LogP) is 8.13. The van der Waals surface area contributed by atoms with Crippen LogP contribution >= 0.6 is 0 Å². The van der Waals surface area contributed by atoms with Crippen molar-refractivity contribution >= 4 is 43.4 Å². The molecule has 0 saturated heterocycles. The lowest BCUT2D eigenvalue weighted by molar-refractivity contribution is 1.08. The minimum atomic E-state index is 0.950. The molecule has 1 aliphatic rings. The Morgan fingerprint density at radius 2 is 1.12 bits per heavy atom. The zero-order valence-corrected chi connectivity index (χ0v) is 17.8. The molecular formula is C31H18N2. The highest BCUT2D eigenvalue weighted by Gasteiger charge is 2.25. The maximum Gasteiger partial charge on any atom is 0.137 e. The Bertz CT molecular complexity index is 1910. The lowest BCUT2D eigenvalue weighted by Gasteiger charge is -2.14. The Morgan fingerprint density at radius 1 is 0.455 bits per heavy atom. The van der Waals surface area contributed by atoms with Gasteiger partial charge in [0.25, 0.3) is 0 Å². The Hall–Kier alpha value is -4.43. The molecule has 0 radical (unpaired) electrons. The minimum absolute atomic E-state index is 0.950. The fourth-order valence-electron chi connectivity index (χ4n) is 5.79. The van der Waals surface area contributed by atoms with E-state index in [-0.39, 0.29) is 0 Å². The quantitative estimate of drug-likeness (QED) is 0.263. The second-order valence-electron chi connectivity index (χ2n) is 8.83. The number of pyridine rings is 1. The fraction of sp³-hybridized carbons (Fsp3) is 0. The van der Waals surface area contributed by atoms with Crippen LogP contribution in [0.5, 0.6) is 0 Å². The van der Waals surface area contributed by atoms with Crippen molar-refractivity contribution < 1.29 is 0 Å². The molecule has 33 heavy (non-hydrogen) atoms. The van der Waals surface area contributed by atoms with E-state index in [0.717, 1.165) is 5.82 Å². The summed E-state index contributed by atoms with van der Waals surface area (Å²) in [6.45, 7) is 0. The summed E-state index contributed by atoms with van der Waals surface area (Å²) in [4.78, 5) is 4.72. The molecule has 0 unspecified atom stereocenters. The van der Waals surface area contributed by atoms with E-state index in [1.165, 1.54) is 65.6 Å². The average molecular weight is 418 g/mol. The molecule has 0 atom stereocenters. The van der Waals surface area contributed by atoms with Crippen molar-refractivity contribution in [3.8, 4) is 28.1 Å². The van der Waals surface area contributed by atoms with E-state index in [4.69, 9.17) is 4.98 Å². The molecule has 5 aromatic carbocycles. The number of nitrogens with zero attached hydrogens (tertiary/aromatic N) is 2. The van der Waals surface area contributed by atoms with Gasteiger partial charge in [-0.1, -0.05) is 66.7 Å². The fourth-order valence-corrected chi connectivity index (χ4v) is 5.79. The lowest BCUT2D eigenvalue weighted by Crippen LogP contribution is -1.97. The SMILES string of the molecule is c1ccc(-n2c3cccc4c3c3c5c(cccc5ccc32)-c2cc3ccccc3cc2-4)nc1. The lowest BCUT2D eigenvalue weighted by atomic mass is 9.91. The summed E-state index contributed by atoms with van der Waals surface area (Å²) < 4.78 is 2.32. The first-order valence-electron chi connectivity index (χ1n) is 11.3. The molecule has 7 aromatic rings. The summed E-state index contributed by atoms with van der Waals surface area (Å²) in [5.41, 5.74) is 7.59. The zero-order chi connectivity index (χ0) is 21.5. The standard InChI is InChI=1S/C31H18N2/c1-2-8-21-18-25-23-11-6-12-26-30(23)31-27(33(26)28-13-3-4-16-32-28)15-14-19-9-5-10-22(29(19)31)24(25)17-20(21)7-1/h1-18H. The van der Waals surface area contributed by atoms with Gasteiger partial charge in [-0.25, -0.2) is 4.98 Å². The van der Waals surface area contributed by atoms with Gasteiger partial charge in [0.05, 0.1) is 11.0 Å². The molecular weight excluding hydrogens is 400 g/mol.